The Morgan fingerprint density at radius 1 is 1.33 bits per heavy atom. The number of halogens is 2. The summed E-state index contributed by atoms with van der Waals surface area (Å²) in [6, 6.07) is 10.1. The van der Waals surface area contributed by atoms with Crippen LogP contribution in [0.2, 0.25) is 5.02 Å². The normalized spacial score (nSPS) is 10.2. The van der Waals surface area contributed by atoms with Crippen LogP contribution in [0.3, 0.4) is 0 Å². The molecule has 110 valence electrons. The molecule has 21 heavy (non-hydrogen) atoms. The van der Waals surface area contributed by atoms with Gasteiger partial charge in [0.1, 0.15) is 5.75 Å². The minimum Gasteiger partial charge on any atom is -0.494 e. The van der Waals surface area contributed by atoms with Crippen LogP contribution in [0.1, 0.15) is 5.56 Å². The molecule has 0 aliphatic rings. The second kappa shape index (κ2) is 6.78. The van der Waals surface area contributed by atoms with Gasteiger partial charge in [0.25, 0.3) is 5.69 Å². The molecule has 0 aromatic heterocycles. The third kappa shape index (κ3) is 3.86. The van der Waals surface area contributed by atoms with E-state index in [-0.39, 0.29) is 5.69 Å². The van der Waals surface area contributed by atoms with Crippen LogP contribution >= 0.6 is 27.5 Å². The molecule has 2 rings (SSSR count). The summed E-state index contributed by atoms with van der Waals surface area (Å²) in [5, 5.41) is 14.6. The summed E-state index contributed by atoms with van der Waals surface area (Å²) in [6.07, 6.45) is 0. The maximum absolute atomic E-state index is 10.7. The number of anilines is 1. The zero-order chi connectivity index (χ0) is 15.4. The minimum atomic E-state index is -0.456. The van der Waals surface area contributed by atoms with Gasteiger partial charge in [-0.15, -0.1) is 0 Å². The first-order chi connectivity index (χ1) is 10.0. The van der Waals surface area contributed by atoms with Crippen molar-refractivity contribution in [2.45, 2.75) is 6.54 Å². The van der Waals surface area contributed by atoms with E-state index < -0.39 is 4.92 Å². The topological polar surface area (TPSA) is 64.4 Å². The molecule has 0 saturated heterocycles. The second-order valence-corrected chi connectivity index (χ2v) is 5.51. The lowest BCUT2D eigenvalue weighted by Gasteiger charge is -2.11. The average molecular weight is 372 g/mol. The van der Waals surface area contributed by atoms with Crippen molar-refractivity contribution in [2.75, 3.05) is 12.4 Å². The molecule has 0 unspecified atom stereocenters. The van der Waals surface area contributed by atoms with E-state index >= 15 is 0 Å². The van der Waals surface area contributed by atoms with Crippen LogP contribution in [-0.4, -0.2) is 12.0 Å². The van der Waals surface area contributed by atoms with Crippen LogP contribution in [0.15, 0.2) is 40.9 Å². The lowest BCUT2D eigenvalue weighted by atomic mass is 10.2. The number of benzene rings is 2. The standard InChI is InChI=1S/C14H12BrClN2O3/c1-21-14-7-10(18(19)20)3-5-13(14)17-8-9-2-4-12(16)11(15)6-9/h2-7,17H,8H2,1H3. The van der Waals surface area contributed by atoms with E-state index in [1.807, 2.05) is 12.1 Å². The maximum Gasteiger partial charge on any atom is 0.273 e. The summed E-state index contributed by atoms with van der Waals surface area (Å²) in [5.41, 5.74) is 1.70. The largest absolute Gasteiger partial charge is 0.494 e. The van der Waals surface area contributed by atoms with Crippen molar-refractivity contribution in [3.63, 3.8) is 0 Å². The monoisotopic (exact) mass is 370 g/mol. The van der Waals surface area contributed by atoms with Gasteiger partial charge in [-0.25, -0.2) is 0 Å². The van der Waals surface area contributed by atoms with Crippen molar-refractivity contribution < 1.29 is 9.66 Å². The SMILES string of the molecule is COc1cc([N+](=O)[O-])ccc1NCc1ccc(Cl)c(Br)c1. The molecule has 2 aromatic rings. The zero-order valence-electron chi connectivity index (χ0n) is 11.1. The van der Waals surface area contributed by atoms with Gasteiger partial charge < -0.3 is 10.1 Å². The average Bonchev–Trinajstić information content (AvgIpc) is 2.48. The van der Waals surface area contributed by atoms with E-state index in [1.54, 1.807) is 12.1 Å². The van der Waals surface area contributed by atoms with Crippen molar-refractivity contribution in [1.29, 1.82) is 0 Å². The van der Waals surface area contributed by atoms with Crippen LogP contribution in [0, 0.1) is 10.1 Å². The number of nitro groups is 1. The number of hydrogen-bond acceptors (Lipinski definition) is 4. The summed E-state index contributed by atoms with van der Waals surface area (Å²) in [5.74, 6) is 0.428. The number of ether oxygens (including phenoxy) is 1. The quantitative estimate of drug-likeness (QED) is 0.614. The van der Waals surface area contributed by atoms with Crippen molar-refractivity contribution in [3.05, 3.63) is 61.6 Å². The number of nitro benzene ring substituents is 1. The predicted octanol–water partition coefficient (Wildman–Crippen LogP) is 4.63. The summed E-state index contributed by atoms with van der Waals surface area (Å²) >= 11 is 9.31. The molecule has 0 aliphatic carbocycles. The van der Waals surface area contributed by atoms with Crippen molar-refractivity contribution >= 4 is 38.9 Å². The zero-order valence-corrected chi connectivity index (χ0v) is 13.4. The molecule has 0 amide bonds. The highest BCUT2D eigenvalue weighted by Gasteiger charge is 2.11. The first-order valence-corrected chi connectivity index (χ1v) is 7.18. The molecule has 0 spiro atoms. The molecular weight excluding hydrogens is 360 g/mol. The number of methoxy groups -OCH3 is 1. The first-order valence-electron chi connectivity index (χ1n) is 6.01. The van der Waals surface area contributed by atoms with E-state index in [0.29, 0.717) is 23.0 Å². The van der Waals surface area contributed by atoms with E-state index in [0.717, 1.165) is 10.0 Å². The van der Waals surface area contributed by atoms with Crippen molar-refractivity contribution in [3.8, 4) is 5.75 Å². The Balaban J connectivity index is 2.15. The maximum atomic E-state index is 10.7. The molecule has 2 aromatic carbocycles. The summed E-state index contributed by atoms with van der Waals surface area (Å²) in [4.78, 5) is 10.3. The van der Waals surface area contributed by atoms with Gasteiger partial charge in [-0.3, -0.25) is 10.1 Å². The van der Waals surface area contributed by atoms with Gasteiger partial charge in [0.2, 0.25) is 0 Å². The van der Waals surface area contributed by atoms with Crippen molar-refractivity contribution in [2.24, 2.45) is 0 Å². The lowest BCUT2D eigenvalue weighted by molar-refractivity contribution is -0.384. The van der Waals surface area contributed by atoms with Gasteiger partial charge in [-0.05, 0) is 39.7 Å². The highest BCUT2D eigenvalue weighted by atomic mass is 79.9. The van der Waals surface area contributed by atoms with Gasteiger partial charge in [-0.1, -0.05) is 17.7 Å². The third-order valence-electron chi connectivity index (χ3n) is 2.86. The molecule has 0 heterocycles. The molecule has 7 heteroatoms. The van der Waals surface area contributed by atoms with Crippen molar-refractivity contribution in [1.82, 2.24) is 0 Å². The number of rotatable bonds is 5. The minimum absolute atomic E-state index is 0.00774. The molecule has 0 bridgehead atoms. The number of nitrogens with one attached hydrogen (secondary N) is 1. The first kappa shape index (κ1) is 15.6. The second-order valence-electron chi connectivity index (χ2n) is 4.24. The van der Waals surface area contributed by atoms with Crippen LogP contribution < -0.4 is 10.1 Å². The molecule has 0 fully saturated rings. The molecular formula is C14H12BrClN2O3. The Labute approximate surface area is 135 Å². The van der Waals surface area contributed by atoms with Crippen LogP contribution in [-0.2, 0) is 6.54 Å². The van der Waals surface area contributed by atoms with Gasteiger partial charge >= 0.3 is 0 Å². The Hall–Kier alpha value is -1.79. The summed E-state index contributed by atoms with van der Waals surface area (Å²) in [7, 11) is 1.48. The fourth-order valence-electron chi connectivity index (χ4n) is 1.79. The van der Waals surface area contributed by atoms with E-state index in [2.05, 4.69) is 21.2 Å². The Bertz CT molecular complexity index is 679. The molecule has 0 aliphatic heterocycles. The number of hydrogen-bond donors (Lipinski definition) is 1. The highest BCUT2D eigenvalue weighted by molar-refractivity contribution is 9.10. The van der Waals surface area contributed by atoms with E-state index in [4.69, 9.17) is 16.3 Å². The highest BCUT2D eigenvalue weighted by Crippen LogP contribution is 2.30. The van der Waals surface area contributed by atoms with Gasteiger partial charge in [0.15, 0.2) is 0 Å². The van der Waals surface area contributed by atoms with Crippen LogP contribution in [0.25, 0.3) is 0 Å². The number of non-ortho nitro benzene ring substituents is 1. The third-order valence-corrected chi connectivity index (χ3v) is 4.08. The molecule has 5 nitrogen and oxygen atoms in total. The molecule has 0 saturated carbocycles. The fraction of sp³-hybridized carbons (Fsp3) is 0.143. The van der Waals surface area contributed by atoms with E-state index in [9.17, 15) is 10.1 Å². The van der Waals surface area contributed by atoms with E-state index in [1.165, 1.54) is 19.2 Å². The Morgan fingerprint density at radius 2 is 2.10 bits per heavy atom. The van der Waals surface area contributed by atoms with Gasteiger partial charge in [-0.2, -0.15) is 0 Å². The predicted molar refractivity (Wildman–Crippen MR) is 86.1 cm³/mol. The molecule has 1 N–H and O–H groups in total. The molecule has 0 radical (unpaired) electrons. The Kier molecular flexibility index (Phi) is 5.03. The van der Waals surface area contributed by atoms with Crippen LogP contribution in [0.4, 0.5) is 11.4 Å². The van der Waals surface area contributed by atoms with Gasteiger partial charge in [0, 0.05) is 17.1 Å². The summed E-state index contributed by atoms with van der Waals surface area (Å²) in [6.45, 7) is 0.546. The van der Waals surface area contributed by atoms with Crippen LogP contribution in [0.5, 0.6) is 5.75 Å². The smallest absolute Gasteiger partial charge is 0.273 e. The lowest BCUT2D eigenvalue weighted by Crippen LogP contribution is -2.02. The van der Waals surface area contributed by atoms with Gasteiger partial charge in [0.05, 0.1) is 28.8 Å². The number of nitrogens with zero attached hydrogens (tertiary/aromatic N) is 1. The Morgan fingerprint density at radius 3 is 2.71 bits per heavy atom. The fourth-order valence-corrected chi connectivity index (χ4v) is 2.33. The summed E-state index contributed by atoms with van der Waals surface area (Å²) < 4.78 is 5.99. The molecule has 0 atom stereocenters.